The van der Waals surface area contributed by atoms with Crippen LogP contribution in [0.4, 0.5) is 0 Å². The summed E-state index contributed by atoms with van der Waals surface area (Å²) in [4.78, 5) is 14.4. The Morgan fingerprint density at radius 3 is 2.83 bits per heavy atom. The van der Waals surface area contributed by atoms with Gasteiger partial charge in [-0.15, -0.1) is 11.3 Å². The number of allylic oxidation sites excluding steroid dienone is 1. The molecule has 1 N–H and O–H groups in total. The van der Waals surface area contributed by atoms with E-state index in [0.29, 0.717) is 44.2 Å². The molecule has 2 atom stereocenters. The summed E-state index contributed by atoms with van der Waals surface area (Å²) in [5.41, 5.74) is 6.46. The van der Waals surface area contributed by atoms with Crippen LogP contribution in [0.5, 0.6) is 0 Å². The lowest BCUT2D eigenvalue weighted by atomic mass is 10.0. The molecule has 2 aromatic heterocycles. The van der Waals surface area contributed by atoms with Crippen molar-refractivity contribution in [2.24, 2.45) is 11.8 Å². The maximum Gasteiger partial charge on any atom is 0.286 e. The zero-order valence-corrected chi connectivity index (χ0v) is 21.6. The van der Waals surface area contributed by atoms with Crippen LogP contribution in [0.2, 0.25) is 14.4 Å². The molecule has 35 heavy (non-hydrogen) atoms. The summed E-state index contributed by atoms with van der Waals surface area (Å²) in [5.74, 6) is 0.799. The number of rotatable bonds is 4. The summed E-state index contributed by atoms with van der Waals surface area (Å²) in [6.07, 6.45) is 7.56. The van der Waals surface area contributed by atoms with Crippen molar-refractivity contribution in [2.75, 3.05) is 19.7 Å². The van der Waals surface area contributed by atoms with E-state index in [2.05, 4.69) is 17.6 Å². The number of carbonyl (C=O) groups excluding carboxylic acids is 1. The fourth-order valence-electron chi connectivity index (χ4n) is 5.03. The summed E-state index contributed by atoms with van der Waals surface area (Å²) in [7, 11) is 0. The maximum atomic E-state index is 13.5. The third kappa shape index (κ3) is 4.46. The molecule has 0 bridgehead atoms. The summed E-state index contributed by atoms with van der Waals surface area (Å²) in [6.45, 7) is 2.29. The van der Waals surface area contributed by atoms with Gasteiger partial charge in [0.25, 0.3) is 5.91 Å². The molecule has 6 rings (SSSR count). The number of ether oxygens (including phenoxy) is 1. The fraction of sp³-hybridized carbons (Fsp3) is 0.280. The van der Waals surface area contributed by atoms with Crippen molar-refractivity contribution in [2.45, 2.75) is 13.0 Å². The highest BCUT2D eigenvalue weighted by molar-refractivity contribution is 7.17. The fourth-order valence-corrected chi connectivity index (χ4v) is 6.54. The molecule has 1 fully saturated rings. The van der Waals surface area contributed by atoms with E-state index in [4.69, 9.17) is 44.6 Å². The number of hydrogen-bond donors (Lipinski definition) is 1. The van der Waals surface area contributed by atoms with Crippen LogP contribution < -0.4 is 5.43 Å². The van der Waals surface area contributed by atoms with Gasteiger partial charge >= 0.3 is 0 Å². The Labute approximate surface area is 221 Å². The van der Waals surface area contributed by atoms with Crippen LogP contribution in [-0.2, 0) is 11.3 Å². The van der Waals surface area contributed by atoms with E-state index in [-0.39, 0.29) is 12.5 Å². The molecule has 0 saturated carbocycles. The van der Waals surface area contributed by atoms with Crippen molar-refractivity contribution in [3.8, 4) is 5.69 Å². The number of halogens is 3. The molecular formula is C25H21Cl3N4O2S. The van der Waals surface area contributed by atoms with Gasteiger partial charge in [0.1, 0.15) is 0 Å². The zero-order chi connectivity index (χ0) is 24.1. The largest absolute Gasteiger partial charge is 0.372 e. The smallest absolute Gasteiger partial charge is 0.286 e. The van der Waals surface area contributed by atoms with Gasteiger partial charge in [-0.25, -0.2) is 9.69 Å². The van der Waals surface area contributed by atoms with Gasteiger partial charge in [0.2, 0.25) is 0 Å². The first-order valence-electron chi connectivity index (χ1n) is 11.3. The van der Waals surface area contributed by atoms with Crippen LogP contribution in [0.1, 0.15) is 33.0 Å². The van der Waals surface area contributed by atoms with Gasteiger partial charge in [-0.05, 0) is 54.7 Å². The molecule has 1 aliphatic carbocycles. The topological polar surface area (TPSA) is 59.4 Å². The van der Waals surface area contributed by atoms with E-state index in [1.807, 2.05) is 29.3 Å². The van der Waals surface area contributed by atoms with E-state index < -0.39 is 0 Å². The highest BCUT2D eigenvalue weighted by atomic mass is 35.5. The Bertz CT molecular complexity index is 1380. The van der Waals surface area contributed by atoms with Gasteiger partial charge in [0.15, 0.2) is 5.69 Å². The van der Waals surface area contributed by atoms with E-state index >= 15 is 0 Å². The number of aromatic nitrogens is 2. The Hall–Kier alpha value is -2.13. The number of carbonyl (C=O) groups is 1. The SMILES string of the molecule is O=C(NN1CC2C=CCC2C1)c1nn(-c2ccc(Cl)cc2Cl)c2c1COCC2=Cc1ccc(Cl)s1. The summed E-state index contributed by atoms with van der Waals surface area (Å²) >= 11 is 20.3. The number of nitrogens with one attached hydrogen (secondary N) is 1. The first-order valence-corrected chi connectivity index (χ1v) is 13.3. The van der Waals surface area contributed by atoms with E-state index in [1.165, 1.54) is 11.3 Å². The molecule has 6 nitrogen and oxygen atoms in total. The number of benzene rings is 1. The standard InChI is InChI=1S/C25H21Cl3N4O2S/c26-17-4-6-21(20(27)9-17)32-24-16(8-18-5-7-22(28)35-18)12-34-13-19(24)23(29-32)25(33)30-31-10-14-2-1-3-15(14)11-31/h1-2,4-9,14-15H,3,10-13H2,(H,30,33). The lowest BCUT2D eigenvalue weighted by molar-refractivity contribution is 0.0805. The first kappa shape index (κ1) is 23.3. The van der Waals surface area contributed by atoms with E-state index in [1.54, 1.807) is 16.8 Å². The number of thiophene rings is 1. The van der Waals surface area contributed by atoms with Crippen LogP contribution in [-0.4, -0.2) is 40.4 Å². The van der Waals surface area contributed by atoms with E-state index in [0.717, 1.165) is 41.2 Å². The average molecular weight is 548 g/mol. The molecule has 4 heterocycles. The van der Waals surface area contributed by atoms with Crippen LogP contribution in [0, 0.1) is 11.8 Å². The maximum absolute atomic E-state index is 13.5. The van der Waals surface area contributed by atoms with E-state index in [9.17, 15) is 4.79 Å². The summed E-state index contributed by atoms with van der Waals surface area (Å²) in [5, 5.41) is 7.72. The average Bonchev–Trinajstić information content (AvgIpc) is 3.58. The van der Waals surface area contributed by atoms with Crippen LogP contribution in [0.3, 0.4) is 0 Å². The second-order valence-corrected chi connectivity index (χ2v) is 11.5. The lowest BCUT2D eigenvalue weighted by Crippen LogP contribution is -2.41. The van der Waals surface area contributed by atoms with Gasteiger partial charge in [0, 0.05) is 34.1 Å². The third-order valence-electron chi connectivity index (χ3n) is 6.63. The monoisotopic (exact) mass is 546 g/mol. The second-order valence-electron chi connectivity index (χ2n) is 8.92. The van der Waals surface area contributed by atoms with Gasteiger partial charge in [-0.3, -0.25) is 10.2 Å². The van der Waals surface area contributed by atoms with Crippen LogP contribution in [0.15, 0.2) is 42.5 Å². The molecule has 3 aliphatic rings. The third-order valence-corrected chi connectivity index (χ3v) is 8.34. The molecule has 1 saturated heterocycles. The van der Waals surface area contributed by atoms with Crippen molar-refractivity contribution < 1.29 is 9.53 Å². The van der Waals surface area contributed by atoms with Gasteiger partial charge in [0.05, 0.1) is 34.0 Å². The molecule has 3 aromatic rings. The Morgan fingerprint density at radius 2 is 2.06 bits per heavy atom. The molecule has 1 aromatic carbocycles. The molecule has 2 unspecified atom stereocenters. The zero-order valence-electron chi connectivity index (χ0n) is 18.5. The molecular weight excluding hydrogens is 527 g/mol. The summed E-state index contributed by atoms with van der Waals surface area (Å²) in [6, 6.07) is 9.05. The molecule has 10 heteroatoms. The Kier molecular flexibility index (Phi) is 6.25. The lowest BCUT2D eigenvalue weighted by Gasteiger charge is -2.20. The van der Waals surface area contributed by atoms with Crippen LogP contribution in [0.25, 0.3) is 17.3 Å². The minimum absolute atomic E-state index is 0.252. The molecule has 0 radical (unpaired) electrons. The number of fused-ring (bicyclic) bond motifs is 2. The van der Waals surface area contributed by atoms with Gasteiger partial charge in [-0.2, -0.15) is 5.10 Å². The van der Waals surface area contributed by atoms with Crippen molar-refractivity contribution in [3.05, 3.63) is 78.7 Å². The summed E-state index contributed by atoms with van der Waals surface area (Å²) < 4.78 is 8.33. The first-order chi connectivity index (χ1) is 17.0. The molecule has 180 valence electrons. The number of amides is 1. The molecule has 0 spiro atoms. The van der Waals surface area contributed by atoms with Crippen molar-refractivity contribution in [1.29, 1.82) is 0 Å². The quantitative estimate of drug-likeness (QED) is 0.400. The minimum Gasteiger partial charge on any atom is -0.372 e. The van der Waals surface area contributed by atoms with Gasteiger partial charge in [-0.1, -0.05) is 47.0 Å². The minimum atomic E-state index is -0.252. The molecule has 2 aliphatic heterocycles. The Morgan fingerprint density at radius 1 is 1.17 bits per heavy atom. The second kappa shape index (κ2) is 9.39. The highest BCUT2D eigenvalue weighted by Crippen LogP contribution is 2.36. The number of hydrazine groups is 1. The highest BCUT2D eigenvalue weighted by Gasteiger charge is 2.35. The Balaban J connectivity index is 1.41. The molecule has 1 amide bonds. The predicted molar refractivity (Wildman–Crippen MR) is 140 cm³/mol. The van der Waals surface area contributed by atoms with Crippen molar-refractivity contribution in [3.63, 3.8) is 0 Å². The normalized spacial score (nSPS) is 22.5. The number of nitrogens with zero attached hydrogens (tertiary/aromatic N) is 3. The van der Waals surface area contributed by atoms with Crippen molar-refractivity contribution in [1.82, 2.24) is 20.2 Å². The van der Waals surface area contributed by atoms with Crippen LogP contribution >= 0.6 is 46.1 Å². The predicted octanol–water partition coefficient (Wildman–Crippen LogP) is 6.12. The van der Waals surface area contributed by atoms with Crippen molar-refractivity contribution >= 4 is 63.7 Å². The number of hydrogen-bond acceptors (Lipinski definition) is 5. The van der Waals surface area contributed by atoms with Gasteiger partial charge < -0.3 is 4.74 Å².